The summed E-state index contributed by atoms with van der Waals surface area (Å²) in [5.74, 6) is 0.601. The van der Waals surface area contributed by atoms with E-state index in [-0.39, 0.29) is 18.2 Å². The maximum atomic E-state index is 12.4. The molecule has 0 saturated heterocycles. The lowest BCUT2D eigenvalue weighted by Crippen LogP contribution is -2.19. The number of urea groups is 1. The van der Waals surface area contributed by atoms with Gasteiger partial charge in [0.15, 0.2) is 0 Å². The smallest absolute Gasteiger partial charge is 0.323 e. The van der Waals surface area contributed by atoms with Crippen LogP contribution < -0.4 is 20.9 Å². The highest BCUT2D eigenvalue weighted by Gasteiger charge is 2.08. The van der Waals surface area contributed by atoms with Crippen molar-refractivity contribution in [2.75, 3.05) is 10.6 Å². The molecule has 0 bridgehead atoms. The first-order valence-electron chi connectivity index (χ1n) is 10.2. The maximum absolute atomic E-state index is 12.4. The van der Waals surface area contributed by atoms with E-state index < -0.39 is 0 Å². The molecule has 0 saturated carbocycles. The number of nitrogens with zero attached hydrogens (tertiary/aromatic N) is 2. The van der Waals surface area contributed by atoms with Gasteiger partial charge in [0.2, 0.25) is 0 Å². The fourth-order valence-electron chi connectivity index (χ4n) is 3.27. The molecule has 0 fully saturated rings. The first kappa shape index (κ1) is 21.1. The third kappa shape index (κ3) is 4.78. The molecule has 2 aromatic carbocycles. The molecular formula is C25H24N4O3. The highest BCUT2D eigenvalue weighted by atomic mass is 16.5. The van der Waals surface area contributed by atoms with Crippen molar-refractivity contribution in [3.63, 3.8) is 0 Å². The van der Waals surface area contributed by atoms with Crippen LogP contribution in [0.4, 0.5) is 16.2 Å². The zero-order valence-corrected chi connectivity index (χ0v) is 18.2. The predicted octanol–water partition coefficient (Wildman–Crippen LogP) is 4.84. The second-order valence-corrected chi connectivity index (χ2v) is 7.66. The van der Waals surface area contributed by atoms with E-state index in [4.69, 9.17) is 4.74 Å². The zero-order chi connectivity index (χ0) is 22.7. The number of aromatic nitrogens is 2. The van der Waals surface area contributed by atoms with E-state index >= 15 is 0 Å². The van der Waals surface area contributed by atoms with Crippen LogP contribution in [-0.2, 0) is 6.61 Å². The van der Waals surface area contributed by atoms with Gasteiger partial charge >= 0.3 is 6.03 Å². The van der Waals surface area contributed by atoms with E-state index in [1.54, 1.807) is 24.4 Å². The second-order valence-electron chi connectivity index (χ2n) is 7.66. The average Bonchev–Trinajstić information content (AvgIpc) is 2.77. The fourth-order valence-corrected chi connectivity index (χ4v) is 3.27. The van der Waals surface area contributed by atoms with Crippen LogP contribution in [0, 0.1) is 20.8 Å². The lowest BCUT2D eigenvalue weighted by molar-refractivity contribution is 0.262. The third-order valence-corrected chi connectivity index (χ3v) is 5.21. The minimum atomic E-state index is -0.340. The number of fused-ring (bicyclic) bond motifs is 1. The molecule has 0 aliphatic carbocycles. The van der Waals surface area contributed by atoms with Gasteiger partial charge < -0.3 is 15.4 Å². The Morgan fingerprint density at radius 2 is 1.62 bits per heavy atom. The van der Waals surface area contributed by atoms with Crippen LogP contribution in [0.3, 0.4) is 0 Å². The molecule has 0 aliphatic rings. The average molecular weight is 428 g/mol. The van der Waals surface area contributed by atoms with Gasteiger partial charge in [-0.25, -0.2) is 9.78 Å². The fraction of sp³-hybridized carbons (Fsp3) is 0.160. The van der Waals surface area contributed by atoms with Gasteiger partial charge in [-0.1, -0.05) is 18.2 Å². The quantitative estimate of drug-likeness (QED) is 0.476. The molecule has 4 rings (SSSR count). The van der Waals surface area contributed by atoms with Crippen LogP contribution in [0.1, 0.15) is 22.4 Å². The second kappa shape index (κ2) is 8.93. The molecule has 7 heteroatoms. The molecule has 7 nitrogen and oxygen atoms in total. The number of amides is 2. The Bertz CT molecular complexity index is 1360. The van der Waals surface area contributed by atoms with Gasteiger partial charge in [0.25, 0.3) is 5.56 Å². The standard InChI is InChI=1S/C25H24N4O3/c1-16-7-9-19(12-18(16)3)27-25(31)28-20-10-8-17(2)22(13-20)32-15-21-14-24(30)29-11-5-4-6-23(29)26-21/h4-14H,15H2,1-3H3,(H2,27,28,31). The van der Waals surface area contributed by atoms with E-state index in [2.05, 4.69) is 15.6 Å². The molecule has 2 aromatic heterocycles. The number of hydrogen-bond acceptors (Lipinski definition) is 4. The Morgan fingerprint density at radius 1 is 0.906 bits per heavy atom. The summed E-state index contributed by atoms with van der Waals surface area (Å²) in [4.78, 5) is 29.1. The molecule has 0 radical (unpaired) electrons. The Morgan fingerprint density at radius 3 is 2.38 bits per heavy atom. The molecule has 0 aliphatic heterocycles. The van der Waals surface area contributed by atoms with Gasteiger partial charge in [-0.15, -0.1) is 0 Å². The summed E-state index contributed by atoms with van der Waals surface area (Å²) in [6, 6.07) is 17.7. The molecule has 0 spiro atoms. The van der Waals surface area contributed by atoms with Crippen molar-refractivity contribution in [3.05, 3.63) is 99.6 Å². The summed E-state index contributed by atoms with van der Waals surface area (Å²) < 4.78 is 7.39. The van der Waals surface area contributed by atoms with Crippen molar-refractivity contribution >= 4 is 23.1 Å². The summed E-state index contributed by atoms with van der Waals surface area (Å²) in [6.07, 6.45) is 1.68. The summed E-state index contributed by atoms with van der Waals surface area (Å²) in [5, 5.41) is 5.66. The largest absolute Gasteiger partial charge is 0.487 e. The van der Waals surface area contributed by atoms with E-state index in [9.17, 15) is 9.59 Å². The molecule has 0 atom stereocenters. The number of hydrogen-bond donors (Lipinski definition) is 2. The van der Waals surface area contributed by atoms with Gasteiger partial charge in [-0.05, 0) is 67.8 Å². The highest BCUT2D eigenvalue weighted by Crippen LogP contribution is 2.24. The Hall–Kier alpha value is -4.13. The van der Waals surface area contributed by atoms with Crippen molar-refractivity contribution in [2.45, 2.75) is 27.4 Å². The van der Waals surface area contributed by atoms with Crippen molar-refractivity contribution in [2.24, 2.45) is 0 Å². The summed E-state index contributed by atoms with van der Waals surface area (Å²) in [7, 11) is 0. The number of benzene rings is 2. The van der Waals surface area contributed by atoms with E-state index in [0.717, 1.165) is 16.8 Å². The summed E-state index contributed by atoms with van der Waals surface area (Å²) in [6.45, 7) is 6.08. The van der Waals surface area contributed by atoms with Crippen LogP contribution in [0.5, 0.6) is 5.75 Å². The molecule has 4 aromatic rings. The molecule has 0 unspecified atom stereocenters. The van der Waals surface area contributed by atoms with Gasteiger partial charge in [0, 0.05) is 29.7 Å². The number of nitrogens with one attached hydrogen (secondary N) is 2. The number of rotatable bonds is 5. The van der Waals surface area contributed by atoms with Crippen LogP contribution in [-0.4, -0.2) is 15.4 Å². The van der Waals surface area contributed by atoms with Crippen LogP contribution in [0.15, 0.2) is 71.7 Å². The van der Waals surface area contributed by atoms with Gasteiger partial charge in [-0.2, -0.15) is 0 Å². The zero-order valence-electron chi connectivity index (χ0n) is 18.2. The van der Waals surface area contributed by atoms with Crippen molar-refractivity contribution in [1.29, 1.82) is 0 Å². The van der Waals surface area contributed by atoms with E-state index in [1.807, 2.05) is 57.2 Å². The van der Waals surface area contributed by atoms with E-state index in [0.29, 0.717) is 22.8 Å². The highest BCUT2D eigenvalue weighted by molar-refractivity contribution is 5.99. The Balaban J connectivity index is 1.45. The third-order valence-electron chi connectivity index (χ3n) is 5.21. The predicted molar refractivity (Wildman–Crippen MR) is 126 cm³/mol. The van der Waals surface area contributed by atoms with Gasteiger partial charge in [0.1, 0.15) is 18.0 Å². The van der Waals surface area contributed by atoms with E-state index in [1.165, 1.54) is 16.0 Å². The molecule has 2 N–H and O–H groups in total. The minimum absolute atomic E-state index is 0.139. The first-order valence-corrected chi connectivity index (χ1v) is 10.2. The van der Waals surface area contributed by atoms with Crippen molar-refractivity contribution in [1.82, 2.24) is 9.38 Å². The number of anilines is 2. The minimum Gasteiger partial charge on any atom is -0.487 e. The van der Waals surface area contributed by atoms with Crippen LogP contribution >= 0.6 is 0 Å². The Labute approximate surface area is 185 Å². The SMILES string of the molecule is Cc1ccc(NC(=O)Nc2ccc(C)c(OCc3cc(=O)n4ccccc4n3)c2)cc1C. The molecule has 162 valence electrons. The first-order chi connectivity index (χ1) is 15.4. The molecule has 2 amide bonds. The summed E-state index contributed by atoms with van der Waals surface area (Å²) >= 11 is 0. The molecular weight excluding hydrogens is 404 g/mol. The molecule has 2 heterocycles. The van der Waals surface area contributed by atoms with Gasteiger partial charge in [-0.3, -0.25) is 9.20 Å². The Kier molecular flexibility index (Phi) is 5.89. The van der Waals surface area contributed by atoms with Gasteiger partial charge in [0.05, 0.1) is 5.69 Å². The number of aryl methyl sites for hydroxylation is 3. The summed E-state index contributed by atoms with van der Waals surface area (Å²) in [5.41, 5.74) is 5.43. The number of carbonyl (C=O) groups excluding carboxylic acids is 1. The number of ether oxygens (including phenoxy) is 1. The number of pyridine rings is 1. The lowest BCUT2D eigenvalue weighted by Gasteiger charge is -2.13. The van der Waals surface area contributed by atoms with Crippen molar-refractivity contribution in [3.8, 4) is 5.75 Å². The van der Waals surface area contributed by atoms with Crippen molar-refractivity contribution < 1.29 is 9.53 Å². The molecule has 32 heavy (non-hydrogen) atoms. The van der Waals surface area contributed by atoms with Crippen LogP contribution in [0.25, 0.3) is 5.65 Å². The topological polar surface area (TPSA) is 84.7 Å². The number of carbonyl (C=O) groups is 1. The normalized spacial score (nSPS) is 10.7. The van der Waals surface area contributed by atoms with Crippen LogP contribution in [0.2, 0.25) is 0 Å². The lowest BCUT2D eigenvalue weighted by atomic mass is 10.1. The monoisotopic (exact) mass is 428 g/mol. The maximum Gasteiger partial charge on any atom is 0.323 e.